The summed E-state index contributed by atoms with van der Waals surface area (Å²) in [7, 11) is -3.83. The molecule has 1 aromatic carbocycles. The molecule has 6 aliphatic rings. The van der Waals surface area contributed by atoms with Crippen LogP contribution in [0.2, 0.25) is 0 Å². The third-order valence-electron chi connectivity index (χ3n) is 8.61. The Morgan fingerprint density at radius 3 is 1.70 bits per heavy atom. The van der Waals surface area contributed by atoms with Crippen LogP contribution in [0.4, 0.5) is 0 Å². The van der Waals surface area contributed by atoms with E-state index < -0.39 is 91.5 Å². The molecule has 43 heavy (non-hydrogen) atoms. The maximum Gasteiger partial charge on any atom is 0.263 e. The Morgan fingerprint density at radius 2 is 1.14 bits per heavy atom. The summed E-state index contributed by atoms with van der Waals surface area (Å²) < 4.78 is 84.7. The van der Waals surface area contributed by atoms with Crippen LogP contribution in [0.25, 0.3) is 0 Å². The highest BCUT2D eigenvalue weighted by Gasteiger charge is 2.66. The molecular formula is C30H43O12P. The first kappa shape index (κ1) is 30.7. The van der Waals surface area contributed by atoms with E-state index in [1.165, 1.54) is 0 Å². The lowest BCUT2D eigenvalue weighted by Crippen LogP contribution is -2.56. The van der Waals surface area contributed by atoms with Crippen LogP contribution in [0.15, 0.2) is 30.3 Å². The molecule has 0 amide bonds. The van der Waals surface area contributed by atoms with Gasteiger partial charge in [0.05, 0.1) is 13.2 Å². The largest absolute Gasteiger partial charge is 0.348 e. The molecule has 0 saturated carbocycles. The lowest BCUT2D eigenvalue weighted by Gasteiger charge is -2.44. The molecule has 13 heteroatoms. The Balaban J connectivity index is 1.24. The van der Waals surface area contributed by atoms with E-state index in [0.717, 1.165) is 0 Å². The highest BCUT2D eigenvalue weighted by atomic mass is 31.2. The lowest BCUT2D eigenvalue weighted by atomic mass is 10.0. The molecule has 6 fully saturated rings. The molecule has 0 bridgehead atoms. The highest BCUT2D eigenvalue weighted by molar-refractivity contribution is 7.67. The van der Waals surface area contributed by atoms with E-state index in [9.17, 15) is 0 Å². The van der Waals surface area contributed by atoms with Gasteiger partial charge < -0.3 is 51.9 Å². The first-order chi connectivity index (χ1) is 20.0. The van der Waals surface area contributed by atoms with E-state index in [0.29, 0.717) is 11.9 Å². The minimum Gasteiger partial charge on any atom is -0.348 e. The fourth-order valence-electron chi connectivity index (χ4n) is 6.96. The number of fused-ring (bicyclic) bond motifs is 2. The maximum atomic E-state index is 15.3. The van der Waals surface area contributed by atoms with E-state index in [-0.39, 0.29) is 6.61 Å². The van der Waals surface area contributed by atoms with Crippen molar-refractivity contribution in [3.05, 3.63) is 30.3 Å². The Morgan fingerprint density at radius 1 is 0.628 bits per heavy atom. The van der Waals surface area contributed by atoms with Gasteiger partial charge in [-0.1, -0.05) is 18.2 Å². The minimum absolute atomic E-state index is 0.252. The van der Waals surface area contributed by atoms with E-state index >= 15 is 4.57 Å². The van der Waals surface area contributed by atoms with Crippen molar-refractivity contribution in [3.8, 4) is 0 Å². The van der Waals surface area contributed by atoms with Gasteiger partial charge in [0.2, 0.25) is 0 Å². The molecule has 6 saturated heterocycles. The topological polar surface area (TPSA) is 119 Å². The number of ether oxygens (including phenoxy) is 10. The van der Waals surface area contributed by atoms with Gasteiger partial charge in [0.1, 0.15) is 48.8 Å². The second-order valence-corrected chi connectivity index (χ2v) is 16.3. The van der Waals surface area contributed by atoms with Gasteiger partial charge in [0.25, 0.3) is 7.37 Å². The van der Waals surface area contributed by atoms with E-state index in [1.54, 1.807) is 12.1 Å². The van der Waals surface area contributed by atoms with Crippen molar-refractivity contribution >= 4 is 12.7 Å². The van der Waals surface area contributed by atoms with E-state index in [1.807, 2.05) is 73.6 Å². The summed E-state index contributed by atoms with van der Waals surface area (Å²) in [6, 6.07) is 9.04. The van der Waals surface area contributed by atoms with E-state index in [2.05, 4.69) is 0 Å². The summed E-state index contributed by atoms with van der Waals surface area (Å²) in [5.41, 5.74) is 0. The number of hydrogen-bond acceptors (Lipinski definition) is 12. The predicted molar refractivity (Wildman–Crippen MR) is 150 cm³/mol. The molecule has 6 aliphatic heterocycles. The zero-order chi connectivity index (χ0) is 30.6. The van der Waals surface area contributed by atoms with Crippen molar-refractivity contribution in [1.82, 2.24) is 0 Å². The standard InChI is InChI=1S/C30H43O12P/c1-27(2)32-14-17(36-27)19-21-23(40-29(5,6)38-21)25(34-19)35-26-24-22(39-30(7,8)41-24)20(18-15-33-28(3,4)37-18)42-43(26,31)16-12-10-9-11-13-16/h9-13,17-26H,14-15H2,1-8H3/t17-,18+,19-,20+,21+,22-,23+,24-,25+,26+,43-/m0/s1. The molecule has 240 valence electrons. The average Bonchev–Trinajstić information content (AvgIpc) is 3.69. The van der Waals surface area contributed by atoms with Crippen LogP contribution in [0, 0.1) is 0 Å². The second-order valence-electron chi connectivity index (χ2n) is 13.9. The molecule has 11 atom stereocenters. The molecule has 7 rings (SSSR count). The smallest absolute Gasteiger partial charge is 0.263 e. The van der Waals surface area contributed by atoms with Crippen molar-refractivity contribution in [2.75, 3.05) is 13.2 Å². The number of benzene rings is 1. The predicted octanol–water partition coefficient (Wildman–Crippen LogP) is 3.40. The summed E-state index contributed by atoms with van der Waals surface area (Å²) in [5.74, 6) is -4.58. The molecular weight excluding hydrogens is 583 g/mol. The average molecular weight is 627 g/mol. The van der Waals surface area contributed by atoms with Crippen LogP contribution in [0.3, 0.4) is 0 Å². The maximum absolute atomic E-state index is 15.3. The first-order valence-electron chi connectivity index (χ1n) is 15.0. The van der Waals surface area contributed by atoms with Crippen LogP contribution >= 0.6 is 7.37 Å². The number of rotatable bonds is 5. The van der Waals surface area contributed by atoms with Crippen LogP contribution in [-0.2, 0) is 56.5 Å². The van der Waals surface area contributed by atoms with Crippen LogP contribution in [0.5, 0.6) is 0 Å². The minimum atomic E-state index is -3.83. The van der Waals surface area contributed by atoms with Gasteiger partial charge in [-0.3, -0.25) is 4.57 Å². The molecule has 0 unspecified atom stereocenters. The van der Waals surface area contributed by atoms with Crippen molar-refractivity contribution in [2.24, 2.45) is 0 Å². The van der Waals surface area contributed by atoms with Gasteiger partial charge in [-0.15, -0.1) is 0 Å². The fourth-order valence-corrected chi connectivity index (χ4v) is 9.60. The lowest BCUT2D eigenvalue weighted by molar-refractivity contribution is -0.260. The van der Waals surface area contributed by atoms with Crippen molar-refractivity contribution in [2.45, 2.75) is 140 Å². The Kier molecular flexibility index (Phi) is 7.31. The normalized spacial score (nSPS) is 47.4. The quantitative estimate of drug-likeness (QED) is 0.446. The van der Waals surface area contributed by atoms with Gasteiger partial charge in [-0.05, 0) is 67.5 Å². The third-order valence-corrected chi connectivity index (χ3v) is 11.3. The van der Waals surface area contributed by atoms with Crippen molar-refractivity contribution in [1.29, 1.82) is 0 Å². The van der Waals surface area contributed by atoms with Crippen LogP contribution in [0.1, 0.15) is 55.4 Å². The van der Waals surface area contributed by atoms with Gasteiger partial charge in [0, 0.05) is 5.30 Å². The van der Waals surface area contributed by atoms with Gasteiger partial charge in [0.15, 0.2) is 35.3 Å². The van der Waals surface area contributed by atoms with E-state index in [4.69, 9.17) is 51.9 Å². The van der Waals surface area contributed by atoms with Crippen LogP contribution in [-0.4, -0.2) is 97.3 Å². The summed E-state index contributed by atoms with van der Waals surface area (Å²) in [6.07, 6.45) is -5.80. The Hall–Kier alpha value is -0.990. The fraction of sp³-hybridized carbons (Fsp3) is 0.800. The second kappa shape index (κ2) is 10.3. The number of hydrogen-bond donors (Lipinski definition) is 0. The molecule has 0 radical (unpaired) electrons. The highest BCUT2D eigenvalue weighted by Crippen LogP contribution is 2.62. The third kappa shape index (κ3) is 5.55. The summed E-state index contributed by atoms with van der Waals surface area (Å²) in [5, 5.41) is 0.485. The Labute approximate surface area is 252 Å². The SMILES string of the molecule is CC1(C)O[C@@H]2[C@H]([C@@H]3COC(C)(C)O3)O[C@H](O[C@H]3[C@H]4OC(C)(C)O[C@H]4[C@@H]([C@H]4COC(C)(C)O4)O[P@@]3(=O)c3ccccc3)[C@@H]2O1. The molecule has 1 aromatic rings. The van der Waals surface area contributed by atoms with Crippen molar-refractivity contribution in [3.63, 3.8) is 0 Å². The summed E-state index contributed by atoms with van der Waals surface area (Å²) in [4.78, 5) is 0. The van der Waals surface area contributed by atoms with Gasteiger partial charge in [-0.25, -0.2) is 0 Å². The van der Waals surface area contributed by atoms with Gasteiger partial charge in [-0.2, -0.15) is 0 Å². The summed E-state index contributed by atoms with van der Waals surface area (Å²) >= 11 is 0. The Bertz CT molecular complexity index is 1250. The van der Waals surface area contributed by atoms with Crippen LogP contribution < -0.4 is 5.30 Å². The molecule has 0 N–H and O–H groups in total. The van der Waals surface area contributed by atoms with Crippen molar-refractivity contribution < 1.29 is 56.5 Å². The zero-order valence-corrected chi connectivity index (χ0v) is 26.8. The first-order valence-corrected chi connectivity index (χ1v) is 16.7. The summed E-state index contributed by atoms with van der Waals surface area (Å²) in [6.45, 7) is 15.3. The zero-order valence-electron chi connectivity index (χ0n) is 25.9. The molecule has 0 aromatic heterocycles. The molecule has 0 aliphatic carbocycles. The molecule has 6 heterocycles. The molecule has 12 nitrogen and oxygen atoms in total. The monoisotopic (exact) mass is 626 g/mol. The molecule has 0 spiro atoms. The van der Waals surface area contributed by atoms with Gasteiger partial charge >= 0.3 is 0 Å².